The van der Waals surface area contributed by atoms with Crippen LogP contribution in [0.3, 0.4) is 0 Å². The van der Waals surface area contributed by atoms with Crippen LogP contribution in [-0.2, 0) is 0 Å². The summed E-state index contributed by atoms with van der Waals surface area (Å²) in [5, 5.41) is 10.9. The lowest BCUT2D eigenvalue weighted by Crippen LogP contribution is -2.10. The van der Waals surface area contributed by atoms with Gasteiger partial charge in [0.1, 0.15) is 0 Å². The summed E-state index contributed by atoms with van der Waals surface area (Å²) in [5.74, 6) is 0.902. The van der Waals surface area contributed by atoms with Crippen molar-refractivity contribution in [2.24, 2.45) is 0 Å². The van der Waals surface area contributed by atoms with Gasteiger partial charge in [-0.25, -0.2) is 0 Å². The van der Waals surface area contributed by atoms with Crippen LogP contribution in [0.1, 0.15) is 11.8 Å². The number of hydrogen-bond donors (Lipinski definition) is 1. The molecule has 3 nitrogen and oxygen atoms in total. The molecule has 232 valence electrons. The van der Waals surface area contributed by atoms with Gasteiger partial charge in [0, 0.05) is 47.9 Å². The molecular formula is C45H30N2OS. The van der Waals surface area contributed by atoms with Crippen molar-refractivity contribution >= 4 is 75.8 Å². The number of fused-ring (bicyclic) bond motifs is 8. The van der Waals surface area contributed by atoms with Gasteiger partial charge in [-0.3, -0.25) is 0 Å². The van der Waals surface area contributed by atoms with Gasteiger partial charge in [-0.05, 0) is 70.4 Å². The van der Waals surface area contributed by atoms with E-state index in [0.29, 0.717) is 0 Å². The number of anilines is 4. The second-order valence-electron chi connectivity index (χ2n) is 12.6. The van der Waals surface area contributed by atoms with Gasteiger partial charge in [-0.1, -0.05) is 121 Å². The van der Waals surface area contributed by atoms with Crippen LogP contribution in [0.2, 0.25) is 0 Å². The van der Waals surface area contributed by atoms with E-state index in [1.807, 2.05) is 17.4 Å². The molecule has 0 fully saturated rings. The molecule has 10 rings (SSSR count). The first-order chi connectivity index (χ1) is 24.3. The molecule has 1 N–H and O–H groups in total. The van der Waals surface area contributed by atoms with Crippen molar-refractivity contribution in [3.63, 3.8) is 0 Å². The van der Waals surface area contributed by atoms with Gasteiger partial charge in [0.2, 0.25) is 0 Å². The fraction of sp³-hybridized carbons (Fsp3) is 0.0222. The fourth-order valence-electron chi connectivity index (χ4n) is 7.37. The molecule has 1 aliphatic rings. The summed E-state index contributed by atoms with van der Waals surface area (Å²) in [6, 6.07) is 60.9. The number of rotatable bonds is 5. The summed E-state index contributed by atoms with van der Waals surface area (Å²) in [7, 11) is 0. The van der Waals surface area contributed by atoms with E-state index in [2.05, 4.69) is 174 Å². The summed E-state index contributed by atoms with van der Waals surface area (Å²) < 4.78 is 9.31. The minimum Gasteiger partial charge on any atom is -0.464 e. The van der Waals surface area contributed by atoms with E-state index in [4.69, 9.17) is 4.74 Å². The predicted octanol–water partition coefficient (Wildman–Crippen LogP) is 13.0. The van der Waals surface area contributed by atoms with Crippen LogP contribution in [0.15, 0.2) is 170 Å². The standard InChI is InChI=1S/C45H30N2OS/c1-3-11-30(12-4-1)45-46-39-26-23-29-21-24-35-38(43(29)44(39)48-45)18-10-19-40(35)47(33-14-5-2-6-15-33)34-16-9-13-31(27-34)32-22-25-37-36-17-7-8-20-41(36)49-42(37)28-32/h1-28,45-46H. The van der Waals surface area contributed by atoms with Gasteiger partial charge in [-0.15, -0.1) is 11.3 Å². The Hall–Kier alpha value is -6.10. The van der Waals surface area contributed by atoms with Crippen molar-refractivity contribution < 1.29 is 4.74 Å². The Morgan fingerprint density at radius 1 is 0.510 bits per heavy atom. The van der Waals surface area contributed by atoms with Gasteiger partial charge in [0.15, 0.2) is 12.0 Å². The maximum absolute atomic E-state index is 6.67. The van der Waals surface area contributed by atoms with Crippen LogP contribution < -0.4 is 15.0 Å². The van der Waals surface area contributed by atoms with Crippen molar-refractivity contribution in [2.75, 3.05) is 10.2 Å². The van der Waals surface area contributed by atoms with E-state index in [9.17, 15) is 0 Å². The first kappa shape index (κ1) is 28.0. The van der Waals surface area contributed by atoms with E-state index in [1.165, 1.54) is 31.3 Å². The zero-order chi connectivity index (χ0) is 32.3. The Labute approximate surface area is 288 Å². The number of ether oxygens (including phenoxy) is 1. The van der Waals surface area contributed by atoms with Crippen LogP contribution in [-0.4, -0.2) is 0 Å². The summed E-state index contributed by atoms with van der Waals surface area (Å²) in [5.41, 5.74) is 7.85. The quantitative estimate of drug-likeness (QED) is 0.188. The molecule has 49 heavy (non-hydrogen) atoms. The van der Waals surface area contributed by atoms with Gasteiger partial charge < -0.3 is 15.0 Å². The lowest BCUT2D eigenvalue weighted by atomic mass is 9.98. The zero-order valence-electron chi connectivity index (χ0n) is 26.5. The minimum absolute atomic E-state index is 0.226. The molecule has 0 saturated heterocycles. The summed E-state index contributed by atoms with van der Waals surface area (Å²) >= 11 is 1.86. The molecule has 8 aromatic carbocycles. The molecule has 9 aromatic rings. The molecule has 0 spiro atoms. The van der Waals surface area contributed by atoms with E-state index >= 15 is 0 Å². The smallest absolute Gasteiger partial charge is 0.196 e. The molecule has 0 bridgehead atoms. The number of thiophene rings is 1. The van der Waals surface area contributed by atoms with Crippen LogP contribution in [0.25, 0.3) is 52.8 Å². The normalized spacial score (nSPS) is 13.8. The second kappa shape index (κ2) is 11.3. The molecule has 1 unspecified atom stereocenters. The Morgan fingerprint density at radius 2 is 1.20 bits per heavy atom. The fourth-order valence-corrected chi connectivity index (χ4v) is 8.51. The lowest BCUT2D eigenvalue weighted by Gasteiger charge is -2.27. The molecule has 4 heteroatoms. The summed E-state index contributed by atoms with van der Waals surface area (Å²) in [6.07, 6.45) is -0.226. The number of benzene rings is 8. The highest BCUT2D eigenvalue weighted by molar-refractivity contribution is 7.25. The van der Waals surface area contributed by atoms with Crippen molar-refractivity contribution in [3.8, 4) is 16.9 Å². The molecule has 0 radical (unpaired) electrons. The number of hydrogen-bond acceptors (Lipinski definition) is 4. The van der Waals surface area contributed by atoms with Crippen molar-refractivity contribution in [3.05, 3.63) is 175 Å². The predicted molar refractivity (Wildman–Crippen MR) is 208 cm³/mol. The Balaban J connectivity index is 1.12. The second-order valence-corrected chi connectivity index (χ2v) is 13.6. The Morgan fingerprint density at radius 3 is 2.10 bits per heavy atom. The first-order valence-electron chi connectivity index (χ1n) is 16.6. The van der Waals surface area contributed by atoms with Crippen molar-refractivity contribution in [1.82, 2.24) is 0 Å². The highest BCUT2D eigenvalue weighted by Gasteiger charge is 2.27. The van der Waals surface area contributed by atoms with Crippen LogP contribution in [0.5, 0.6) is 5.75 Å². The maximum Gasteiger partial charge on any atom is 0.196 e. The van der Waals surface area contributed by atoms with Gasteiger partial charge in [0.05, 0.1) is 11.4 Å². The van der Waals surface area contributed by atoms with E-state index in [1.54, 1.807) is 0 Å². The third kappa shape index (κ3) is 4.64. The number of nitrogens with zero attached hydrogens (tertiary/aromatic N) is 1. The molecule has 2 heterocycles. The zero-order valence-corrected chi connectivity index (χ0v) is 27.3. The largest absolute Gasteiger partial charge is 0.464 e. The van der Waals surface area contributed by atoms with Gasteiger partial charge in [0.25, 0.3) is 0 Å². The first-order valence-corrected chi connectivity index (χ1v) is 17.4. The monoisotopic (exact) mass is 646 g/mol. The third-order valence-corrected chi connectivity index (χ3v) is 10.8. The average Bonchev–Trinajstić information content (AvgIpc) is 3.77. The highest BCUT2D eigenvalue weighted by atomic mass is 32.1. The molecule has 1 aliphatic heterocycles. The molecule has 1 aromatic heterocycles. The highest BCUT2D eigenvalue weighted by Crippen LogP contribution is 2.48. The van der Waals surface area contributed by atoms with Gasteiger partial charge in [-0.2, -0.15) is 0 Å². The molecule has 0 aliphatic carbocycles. The number of nitrogens with one attached hydrogen (secondary N) is 1. The molecule has 0 amide bonds. The lowest BCUT2D eigenvalue weighted by molar-refractivity contribution is 0.263. The maximum atomic E-state index is 6.67. The molecular weight excluding hydrogens is 617 g/mol. The van der Waals surface area contributed by atoms with E-state index < -0.39 is 0 Å². The SMILES string of the molecule is c1ccc(C2Nc3ccc4ccc5c(N(c6ccccc6)c6cccc(-c7ccc8c(c7)sc7ccccc78)c6)cccc5c4c3O2)cc1. The Kier molecular flexibility index (Phi) is 6.42. The minimum atomic E-state index is -0.226. The molecule has 0 saturated carbocycles. The number of para-hydroxylation sites is 1. The van der Waals surface area contributed by atoms with Crippen LogP contribution >= 0.6 is 11.3 Å². The Bertz CT molecular complexity index is 2680. The van der Waals surface area contributed by atoms with Crippen molar-refractivity contribution in [2.45, 2.75) is 6.23 Å². The van der Waals surface area contributed by atoms with E-state index in [0.717, 1.165) is 55.6 Å². The summed E-state index contributed by atoms with van der Waals surface area (Å²) in [6.45, 7) is 0. The third-order valence-electron chi connectivity index (χ3n) is 9.67. The average molecular weight is 647 g/mol. The van der Waals surface area contributed by atoms with Gasteiger partial charge >= 0.3 is 0 Å². The van der Waals surface area contributed by atoms with Crippen LogP contribution in [0.4, 0.5) is 22.7 Å². The molecule has 1 atom stereocenters. The van der Waals surface area contributed by atoms with Crippen LogP contribution in [0, 0.1) is 0 Å². The topological polar surface area (TPSA) is 24.5 Å². The van der Waals surface area contributed by atoms with Crippen molar-refractivity contribution in [1.29, 1.82) is 0 Å². The summed E-state index contributed by atoms with van der Waals surface area (Å²) in [4.78, 5) is 2.38. The van der Waals surface area contributed by atoms with E-state index in [-0.39, 0.29) is 6.23 Å².